The molecule has 3 aromatic heterocycles. The van der Waals surface area contributed by atoms with Gasteiger partial charge in [0, 0.05) is 56.8 Å². The maximum absolute atomic E-state index is 6.69. The minimum atomic E-state index is 0.884. The molecule has 0 fully saturated rings. The Bertz CT molecular complexity index is 3110. The number of fused-ring (bicyclic) bond motifs is 11. The Morgan fingerprint density at radius 3 is 1.94 bits per heavy atom. The van der Waals surface area contributed by atoms with Crippen molar-refractivity contribution in [2.24, 2.45) is 0 Å². The molecule has 0 radical (unpaired) electrons. The fourth-order valence-electron chi connectivity index (χ4n) is 7.84. The molecule has 8 aromatic carbocycles. The number of hydrogen-bond acceptors (Lipinski definition) is 4. The maximum Gasteiger partial charge on any atom is 0.143 e. The van der Waals surface area contributed by atoms with Crippen molar-refractivity contribution in [1.29, 1.82) is 0 Å². The van der Waals surface area contributed by atoms with Gasteiger partial charge >= 0.3 is 0 Å². The third-order valence-electron chi connectivity index (χ3n) is 10.1. The molecule has 0 aliphatic rings. The van der Waals surface area contributed by atoms with Gasteiger partial charge in [0.2, 0.25) is 0 Å². The number of anilines is 3. The van der Waals surface area contributed by atoms with Crippen LogP contribution in [0.5, 0.6) is 0 Å². The Kier molecular flexibility index (Phi) is 6.03. The van der Waals surface area contributed by atoms with Crippen LogP contribution in [0.2, 0.25) is 0 Å². The molecule has 0 aliphatic heterocycles. The Hall–Kier alpha value is -5.94. The van der Waals surface area contributed by atoms with Gasteiger partial charge in [0.05, 0.1) is 16.8 Å². The SMILES string of the molecule is c1ccc2c(c1)ccc1c2oc2cccc(N(c3ccc(-c4cccc5c4sc4ccccc45)cc3)c3cccc4sc5ccccc5c34)c21. The molecular weight excluding hydrogens is 647 g/mol. The lowest BCUT2D eigenvalue weighted by atomic mass is 10.0. The van der Waals surface area contributed by atoms with Crippen LogP contribution in [0.4, 0.5) is 17.1 Å². The summed E-state index contributed by atoms with van der Waals surface area (Å²) < 4.78 is 11.9. The van der Waals surface area contributed by atoms with E-state index in [-0.39, 0.29) is 0 Å². The van der Waals surface area contributed by atoms with Crippen LogP contribution in [-0.4, -0.2) is 0 Å². The first-order chi connectivity index (χ1) is 24.8. The van der Waals surface area contributed by atoms with Gasteiger partial charge in [-0.05, 0) is 71.1 Å². The van der Waals surface area contributed by atoms with Crippen molar-refractivity contribution in [2.75, 3.05) is 4.90 Å². The first-order valence-corrected chi connectivity index (χ1v) is 18.5. The number of furan rings is 1. The third kappa shape index (κ3) is 4.07. The first kappa shape index (κ1) is 28.0. The van der Waals surface area contributed by atoms with Crippen molar-refractivity contribution in [2.45, 2.75) is 0 Å². The van der Waals surface area contributed by atoms with Gasteiger partial charge in [-0.2, -0.15) is 0 Å². The van der Waals surface area contributed by atoms with Crippen LogP contribution in [-0.2, 0) is 0 Å². The lowest BCUT2D eigenvalue weighted by Gasteiger charge is -2.27. The summed E-state index contributed by atoms with van der Waals surface area (Å²) in [4.78, 5) is 2.44. The third-order valence-corrected chi connectivity index (χ3v) is 12.4. The molecule has 11 rings (SSSR count). The van der Waals surface area contributed by atoms with Gasteiger partial charge in [-0.3, -0.25) is 0 Å². The van der Waals surface area contributed by atoms with E-state index in [2.05, 4.69) is 169 Å². The summed E-state index contributed by atoms with van der Waals surface area (Å²) >= 11 is 3.73. The average Bonchev–Trinajstić information content (AvgIpc) is 3.87. The predicted molar refractivity (Wildman–Crippen MR) is 217 cm³/mol. The summed E-state index contributed by atoms with van der Waals surface area (Å²) in [5.74, 6) is 0. The van der Waals surface area contributed by atoms with Crippen LogP contribution >= 0.6 is 22.7 Å². The summed E-state index contributed by atoms with van der Waals surface area (Å²) in [7, 11) is 0. The Balaban J connectivity index is 1.17. The van der Waals surface area contributed by atoms with Gasteiger partial charge in [0.15, 0.2) is 0 Å². The summed E-state index contributed by atoms with van der Waals surface area (Å²) in [6, 6.07) is 59.4. The highest BCUT2D eigenvalue weighted by Crippen LogP contribution is 2.49. The zero-order chi connectivity index (χ0) is 32.8. The smallest absolute Gasteiger partial charge is 0.143 e. The van der Waals surface area contributed by atoms with Crippen molar-refractivity contribution in [3.8, 4) is 11.1 Å². The lowest BCUT2D eigenvalue weighted by Crippen LogP contribution is -2.10. The second-order valence-electron chi connectivity index (χ2n) is 12.8. The zero-order valence-corrected chi connectivity index (χ0v) is 28.4. The highest BCUT2D eigenvalue weighted by Gasteiger charge is 2.23. The van der Waals surface area contributed by atoms with Gasteiger partial charge in [-0.25, -0.2) is 0 Å². The molecule has 0 aliphatic carbocycles. The Morgan fingerprint density at radius 2 is 1.08 bits per heavy atom. The van der Waals surface area contributed by atoms with Crippen LogP contribution in [0.3, 0.4) is 0 Å². The Labute approximate surface area is 295 Å². The van der Waals surface area contributed by atoms with E-state index in [1.54, 1.807) is 0 Å². The average molecular weight is 674 g/mol. The van der Waals surface area contributed by atoms with E-state index in [0.29, 0.717) is 0 Å². The molecule has 0 N–H and O–H groups in total. The van der Waals surface area contributed by atoms with Gasteiger partial charge < -0.3 is 9.32 Å². The summed E-state index contributed by atoms with van der Waals surface area (Å²) in [5, 5.41) is 9.72. The highest BCUT2D eigenvalue weighted by molar-refractivity contribution is 7.26. The van der Waals surface area contributed by atoms with Crippen molar-refractivity contribution in [3.63, 3.8) is 0 Å². The zero-order valence-electron chi connectivity index (χ0n) is 26.8. The molecule has 234 valence electrons. The van der Waals surface area contributed by atoms with E-state index in [1.807, 2.05) is 22.7 Å². The fourth-order valence-corrected chi connectivity index (χ4v) is 10.2. The van der Waals surface area contributed by atoms with E-state index in [0.717, 1.165) is 44.4 Å². The van der Waals surface area contributed by atoms with Crippen LogP contribution in [0.25, 0.3) is 84.2 Å². The second kappa shape index (κ2) is 10.8. The Morgan fingerprint density at radius 1 is 0.420 bits per heavy atom. The van der Waals surface area contributed by atoms with Crippen molar-refractivity contribution < 1.29 is 4.42 Å². The van der Waals surface area contributed by atoms with Gasteiger partial charge in [0.1, 0.15) is 11.2 Å². The monoisotopic (exact) mass is 673 g/mol. The molecule has 4 heteroatoms. The van der Waals surface area contributed by atoms with Crippen LogP contribution < -0.4 is 4.90 Å². The topological polar surface area (TPSA) is 16.4 Å². The number of benzene rings is 8. The summed E-state index contributed by atoms with van der Waals surface area (Å²) in [6.07, 6.45) is 0. The quantitative estimate of drug-likeness (QED) is 0.185. The number of thiophene rings is 2. The van der Waals surface area contributed by atoms with E-state index in [9.17, 15) is 0 Å². The van der Waals surface area contributed by atoms with E-state index < -0.39 is 0 Å². The molecule has 0 bridgehead atoms. The van der Waals surface area contributed by atoms with Gasteiger partial charge in [-0.1, -0.05) is 109 Å². The first-order valence-electron chi connectivity index (χ1n) is 16.8. The molecular formula is C46H27NOS2. The second-order valence-corrected chi connectivity index (χ2v) is 15.0. The minimum absolute atomic E-state index is 0.884. The van der Waals surface area contributed by atoms with Gasteiger partial charge in [-0.15, -0.1) is 22.7 Å². The maximum atomic E-state index is 6.69. The molecule has 0 spiro atoms. The van der Waals surface area contributed by atoms with E-state index >= 15 is 0 Å². The van der Waals surface area contributed by atoms with Crippen molar-refractivity contribution >= 4 is 113 Å². The summed E-state index contributed by atoms with van der Waals surface area (Å²) in [6.45, 7) is 0. The molecule has 2 nitrogen and oxygen atoms in total. The highest BCUT2D eigenvalue weighted by atomic mass is 32.1. The number of rotatable bonds is 4. The number of nitrogens with zero attached hydrogens (tertiary/aromatic N) is 1. The van der Waals surface area contributed by atoms with Crippen LogP contribution in [0.15, 0.2) is 168 Å². The molecule has 3 heterocycles. The van der Waals surface area contributed by atoms with Crippen LogP contribution in [0, 0.1) is 0 Å². The van der Waals surface area contributed by atoms with Crippen molar-refractivity contribution in [1.82, 2.24) is 0 Å². The molecule has 0 saturated carbocycles. The van der Waals surface area contributed by atoms with Crippen molar-refractivity contribution in [3.05, 3.63) is 164 Å². The standard InChI is InChI=1S/C46H27NOS2/c1-2-11-31-28(10-1)24-27-36-43-37(16-8-18-39(43)48-45(31)36)47(38-17-9-21-42-44(38)35-13-4-6-20-41(35)49-42)30-25-22-29(23-26-30)32-14-7-15-34-33-12-3-5-19-40(33)50-46(32)34/h1-27H. The van der Waals surface area contributed by atoms with E-state index in [1.165, 1.54) is 56.9 Å². The number of hydrogen-bond donors (Lipinski definition) is 0. The van der Waals surface area contributed by atoms with E-state index in [4.69, 9.17) is 4.42 Å². The van der Waals surface area contributed by atoms with Gasteiger partial charge in [0.25, 0.3) is 0 Å². The van der Waals surface area contributed by atoms with Crippen LogP contribution in [0.1, 0.15) is 0 Å². The molecule has 0 unspecified atom stereocenters. The largest absolute Gasteiger partial charge is 0.455 e. The molecule has 50 heavy (non-hydrogen) atoms. The normalized spacial score (nSPS) is 12.0. The molecule has 0 atom stereocenters. The molecule has 0 saturated heterocycles. The summed E-state index contributed by atoms with van der Waals surface area (Å²) in [5.41, 5.74) is 7.64. The predicted octanol–water partition coefficient (Wildman–Crippen LogP) is 14.6. The molecule has 0 amide bonds. The lowest BCUT2D eigenvalue weighted by molar-refractivity contribution is 0.672. The fraction of sp³-hybridized carbons (Fsp3) is 0. The minimum Gasteiger partial charge on any atom is -0.455 e. The molecule has 11 aromatic rings.